The van der Waals surface area contributed by atoms with Crippen LogP contribution in [0.5, 0.6) is 0 Å². The van der Waals surface area contributed by atoms with Crippen LogP contribution in [0.1, 0.15) is 36.9 Å². The zero-order valence-corrected chi connectivity index (χ0v) is 20.0. The van der Waals surface area contributed by atoms with Gasteiger partial charge in [-0.15, -0.1) is 0 Å². The third kappa shape index (κ3) is 4.52. The molecule has 0 amide bonds. The molecule has 10 heteroatoms. The molecular weight excluding hydrogens is 460 g/mol. The Balaban J connectivity index is 1.48. The number of pyridine rings is 2. The molecule has 1 saturated heterocycles. The molecule has 36 heavy (non-hydrogen) atoms. The van der Waals surface area contributed by atoms with Gasteiger partial charge in [-0.25, -0.2) is 4.98 Å². The Morgan fingerprint density at radius 1 is 1.19 bits per heavy atom. The minimum Gasteiger partial charge on any atom is -0.395 e. The van der Waals surface area contributed by atoms with E-state index in [1.165, 1.54) is 30.5 Å². The first kappa shape index (κ1) is 23.5. The molecule has 0 radical (unpaired) electrons. The smallest absolute Gasteiger partial charge is 0.359 e. The molecule has 0 unspecified atom stereocenters. The first-order valence-corrected chi connectivity index (χ1v) is 12.1. The number of hydrogen-bond donors (Lipinski definition) is 0. The average molecular weight is 487 g/mol. The Bertz CT molecular complexity index is 1430. The lowest BCUT2D eigenvalue weighted by Crippen LogP contribution is -2.38. The van der Waals surface area contributed by atoms with Crippen molar-refractivity contribution < 1.29 is 9.76 Å². The summed E-state index contributed by atoms with van der Waals surface area (Å²) >= 11 is 0. The van der Waals surface area contributed by atoms with E-state index < -0.39 is 16.2 Å². The maximum atomic E-state index is 12.9. The molecular formula is C26H26N6O4. The van der Waals surface area contributed by atoms with Crippen LogP contribution in [0.3, 0.4) is 0 Å². The zero-order chi connectivity index (χ0) is 25.2. The second kappa shape index (κ2) is 9.77. The van der Waals surface area contributed by atoms with Gasteiger partial charge in [0, 0.05) is 26.1 Å². The summed E-state index contributed by atoms with van der Waals surface area (Å²) in [6.07, 6.45) is 3.71. The average Bonchev–Trinajstić information content (AvgIpc) is 3.73. The minimum absolute atomic E-state index is 0.0994. The van der Waals surface area contributed by atoms with Crippen LogP contribution >= 0.6 is 0 Å². The van der Waals surface area contributed by atoms with Gasteiger partial charge in [-0.2, -0.15) is 5.26 Å². The van der Waals surface area contributed by atoms with E-state index in [9.17, 15) is 20.2 Å². The Hall–Kier alpha value is -4.26. The predicted octanol–water partition coefficient (Wildman–Crippen LogP) is 3.76. The molecule has 1 aliphatic carbocycles. The van der Waals surface area contributed by atoms with Crippen molar-refractivity contribution in [1.82, 2.24) is 9.55 Å². The lowest BCUT2D eigenvalue weighted by molar-refractivity contribution is -0.385. The molecule has 1 saturated carbocycles. The van der Waals surface area contributed by atoms with Gasteiger partial charge in [0.25, 0.3) is 0 Å². The van der Waals surface area contributed by atoms with Crippen LogP contribution in [0.25, 0.3) is 11.0 Å². The number of oxime groups is 1. The lowest BCUT2D eigenvalue weighted by Gasteiger charge is -2.34. The SMILES string of the molecule is Cn1c(=O)c([N+](=O)[O-])c(N2CCC(/C(=N/OCC3CC3)c3ccccc3)CC2)c2nc(C#N)ccc21. The maximum absolute atomic E-state index is 12.9. The van der Waals surface area contributed by atoms with E-state index in [1.807, 2.05) is 41.3 Å². The van der Waals surface area contributed by atoms with Crippen molar-refractivity contribution in [1.29, 1.82) is 5.26 Å². The summed E-state index contributed by atoms with van der Waals surface area (Å²) in [5, 5.41) is 25.9. The van der Waals surface area contributed by atoms with Crippen LogP contribution in [-0.2, 0) is 11.9 Å². The Kier molecular flexibility index (Phi) is 6.38. The monoisotopic (exact) mass is 486 g/mol. The fourth-order valence-electron chi connectivity index (χ4n) is 4.75. The molecule has 1 aromatic carbocycles. The number of anilines is 1. The van der Waals surface area contributed by atoms with E-state index in [-0.39, 0.29) is 22.8 Å². The molecule has 0 spiro atoms. The summed E-state index contributed by atoms with van der Waals surface area (Å²) in [7, 11) is 1.48. The highest BCUT2D eigenvalue weighted by Crippen LogP contribution is 2.36. The quantitative estimate of drug-likeness (QED) is 0.283. The number of nitrogens with zero attached hydrogens (tertiary/aromatic N) is 6. The number of rotatable bonds is 7. The minimum atomic E-state index is -0.698. The fourth-order valence-corrected chi connectivity index (χ4v) is 4.75. The van der Waals surface area contributed by atoms with E-state index in [4.69, 9.17) is 4.84 Å². The maximum Gasteiger partial charge on any atom is 0.359 e. The number of piperidine rings is 1. The van der Waals surface area contributed by atoms with Gasteiger partial charge in [0.15, 0.2) is 0 Å². The standard InChI is InChI=1S/C26H26N6O4/c1-30-21-10-9-20(15-27)28-23(21)24(25(26(30)33)32(34)35)31-13-11-19(12-14-31)22(18-5-3-2-4-6-18)29-36-16-17-7-8-17/h2-6,9-10,17,19H,7-8,11-14,16H2,1H3/b29-22+. The zero-order valence-electron chi connectivity index (χ0n) is 20.0. The van der Waals surface area contributed by atoms with Crippen LogP contribution in [0.2, 0.25) is 0 Å². The number of nitriles is 1. The third-order valence-corrected chi connectivity index (χ3v) is 6.93. The van der Waals surface area contributed by atoms with Crippen LogP contribution in [0.4, 0.5) is 11.4 Å². The Labute approximate surface area is 207 Å². The summed E-state index contributed by atoms with van der Waals surface area (Å²) in [6.45, 7) is 1.56. The number of aromatic nitrogens is 2. The van der Waals surface area contributed by atoms with Crippen LogP contribution < -0.4 is 10.5 Å². The van der Waals surface area contributed by atoms with E-state index in [0.29, 0.717) is 44.0 Å². The van der Waals surface area contributed by atoms with Crippen molar-refractivity contribution in [3.8, 4) is 6.07 Å². The normalized spacial score (nSPS) is 16.7. The molecule has 0 N–H and O–H groups in total. The third-order valence-electron chi connectivity index (χ3n) is 6.93. The molecule has 184 valence electrons. The fraction of sp³-hybridized carbons (Fsp3) is 0.385. The largest absolute Gasteiger partial charge is 0.395 e. The molecule has 2 fully saturated rings. The highest BCUT2D eigenvalue weighted by molar-refractivity contribution is 6.02. The summed E-state index contributed by atoms with van der Waals surface area (Å²) in [5.41, 5.74) is 1.70. The van der Waals surface area contributed by atoms with Gasteiger partial charge in [0.05, 0.1) is 16.2 Å². The van der Waals surface area contributed by atoms with Gasteiger partial charge in [0.1, 0.15) is 29.6 Å². The highest BCUT2D eigenvalue weighted by Gasteiger charge is 2.33. The van der Waals surface area contributed by atoms with Gasteiger partial charge in [0.2, 0.25) is 0 Å². The number of aryl methyl sites for hydroxylation is 1. The molecule has 3 heterocycles. The van der Waals surface area contributed by atoms with Gasteiger partial charge < -0.3 is 14.3 Å². The lowest BCUT2D eigenvalue weighted by atomic mass is 9.88. The Morgan fingerprint density at radius 2 is 1.92 bits per heavy atom. The first-order chi connectivity index (χ1) is 17.5. The summed E-state index contributed by atoms with van der Waals surface area (Å²) in [4.78, 5) is 36.2. The van der Waals surface area contributed by atoms with Crippen LogP contribution in [0, 0.1) is 33.3 Å². The molecule has 5 rings (SSSR count). The van der Waals surface area contributed by atoms with Crippen molar-refractivity contribution in [3.05, 3.63) is 74.2 Å². The van der Waals surface area contributed by atoms with Crippen LogP contribution in [0.15, 0.2) is 52.4 Å². The van der Waals surface area contributed by atoms with Crippen molar-refractivity contribution in [2.75, 3.05) is 24.6 Å². The van der Waals surface area contributed by atoms with Crippen LogP contribution in [-0.4, -0.2) is 39.9 Å². The number of fused-ring (bicyclic) bond motifs is 1. The first-order valence-electron chi connectivity index (χ1n) is 12.1. The second-order valence-electron chi connectivity index (χ2n) is 9.34. The summed E-state index contributed by atoms with van der Waals surface area (Å²) in [5.74, 6) is 0.690. The van der Waals surface area contributed by atoms with Crippen molar-refractivity contribution in [2.24, 2.45) is 24.0 Å². The molecule has 2 aliphatic rings. The van der Waals surface area contributed by atoms with Crippen molar-refractivity contribution in [2.45, 2.75) is 25.7 Å². The topological polar surface area (TPSA) is 127 Å². The molecule has 3 aromatic rings. The molecule has 0 bridgehead atoms. The Morgan fingerprint density at radius 3 is 2.56 bits per heavy atom. The number of hydrogen-bond acceptors (Lipinski definition) is 8. The van der Waals surface area contributed by atoms with E-state index in [2.05, 4.69) is 10.1 Å². The second-order valence-corrected chi connectivity index (χ2v) is 9.34. The summed E-state index contributed by atoms with van der Waals surface area (Å²) in [6, 6.07) is 15.0. The predicted molar refractivity (Wildman–Crippen MR) is 135 cm³/mol. The van der Waals surface area contributed by atoms with Gasteiger partial charge in [-0.1, -0.05) is 35.5 Å². The van der Waals surface area contributed by atoms with Gasteiger partial charge >= 0.3 is 11.2 Å². The van der Waals surface area contributed by atoms with E-state index >= 15 is 0 Å². The molecule has 0 atom stereocenters. The molecule has 1 aliphatic heterocycles. The highest BCUT2D eigenvalue weighted by atomic mass is 16.6. The van der Waals surface area contributed by atoms with Gasteiger partial charge in [-0.05, 0) is 49.3 Å². The molecule has 10 nitrogen and oxygen atoms in total. The van der Waals surface area contributed by atoms with E-state index in [1.54, 1.807) is 6.07 Å². The number of nitro groups is 1. The van der Waals surface area contributed by atoms with E-state index in [0.717, 1.165) is 11.3 Å². The van der Waals surface area contributed by atoms with Gasteiger partial charge in [-0.3, -0.25) is 14.9 Å². The molecule has 2 aromatic heterocycles. The van der Waals surface area contributed by atoms with Crippen molar-refractivity contribution >= 4 is 28.1 Å². The number of benzene rings is 1. The summed E-state index contributed by atoms with van der Waals surface area (Å²) < 4.78 is 1.22. The van der Waals surface area contributed by atoms with Crippen molar-refractivity contribution in [3.63, 3.8) is 0 Å².